The molecule has 24 heavy (non-hydrogen) atoms. The van der Waals surface area contributed by atoms with Crippen molar-refractivity contribution in [1.29, 1.82) is 0 Å². The van der Waals surface area contributed by atoms with Crippen molar-refractivity contribution in [3.05, 3.63) is 56.2 Å². The molecule has 1 saturated heterocycles. The molecule has 1 aromatic heterocycles. The summed E-state index contributed by atoms with van der Waals surface area (Å²) in [7, 11) is 0. The van der Waals surface area contributed by atoms with E-state index in [0.29, 0.717) is 28.7 Å². The van der Waals surface area contributed by atoms with Gasteiger partial charge in [0.15, 0.2) is 0 Å². The average molecular weight is 383 g/mol. The van der Waals surface area contributed by atoms with E-state index in [2.05, 4.69) is 5.32 Å². The zero-order valence-electron chi connectivity index (χ0n) is 12.8. The molecule has 1 N–H and O–H groups in total. The molecule has 126 valence electrons. The van der Waals surface area contributed by atoms with Crippen molar-refractivity contribution in [2.24, 2.45) is 0 Å². The van der Waals surface area contributed by atoms with E-state index in [4.69, 9.17) is 23.2 Å². The minimum Gasteiger partial charge on any atom is -0.349 e. The highest BCUT2D eigenvalue weighted by atomic mass is 35.5. The fraction of sp³-hybridized carbons (Fsp3) is 0.294. The van der Waals surface area contributed by atoms with Crippen LogP contribution in [-0.4, -0.2) is 35.8 Å². The molecule has 4 nitrogen and oxygen atoms in total. The third-order valence-corrected chi connectivity index (χ3v) is 5.63. The first-order chi connectivity index (χ1) is 11.5. The number of likely N-dealkylation sites (tertiary alicyclic amines) is 1. The largest absolute Gasteiger partial charge is 0.349 e. The average Bonchev–Trinajstić information content (AvgIpc) is 3.12. The van der Waals surface area contributed by atoms with E-state index in [1.807, 2.05) is 22.4 Å². The van der Waals surface area contributed by atoms with E-state index in [-0.39, 0.29) is 17.9 Å². The van der Waals surface area contributed by atoms with E-state index >= 15 is 0 Å². The lowest BCUT2D eigenvalue weighted by Gasteiger charge is -2.32. The SMILES string of the molecule is O=C(NC1CCN(C(=O)c2cccs2)CC1)c1ccc(Cl)c(Cl)c1. The number of rotatable bonds is 3. The van der Waals surface area contributed by atoms with E-state index < -0.39 is 0 Å². The molecule has 0 saturated carbocycles. The number of hydrogen-bond acceptors (Lipinski definition) is 3. The van der Waals surface area contributed by atoms with Gasteiger partial charge in [0, 0.05) is 24.7 Å². The number of carbonyl (C=O) groups excluding carboxylic acids is 2. The van der Waals surface area contributed by atoms with Gasteiger partial charge < -0.3 is 10.2 Å². The van der Waals surface area contributed by atoms with Crippen LogP contribution < -0.4 is 5.32 Å². The van der Waals surface area contributed by atoms with Crippen molar-refractivity contribution in [3.63, 3.8) is 0 Å². The maximum Gasteiger partial charge on any atom is 0.263 e. The summed E-state index contributed by atoms with van der Waals surface area (Å²) in [5.41, 5.74) is 0.487. The predicted molar refractivity (Wildman–Crippen MR) is 97.2 cm³/mol. The van der Waals surface area contributed by atoms with Crippen LogP contribution in [0.15, 0.2) is 35.7 Å². The van der Waals surface area contributed by atoms with Gasteiger partial charge in [0.05, 0.1) is 14.9 Å². The number of benzene rings is 1. The van der Waals surface area contributed by atoms with Crippen LogP contribution in [0.5, 0.6) is 0 Å². The first kappa shape index (κ1) is 17.3. The van der Waals surface area contributed by atoms with E-state index in [1.165, 1.54) is 11.3 Å². The van der Waals surface area contributed by atoms with E-state index in [0.717, 1.165) is 17.7 Å². The van der Waals surface area contributed by atoms with Crippen LogP contribution in [0.4, 0.5) is 0 Å². The van der Waals surface area contributed by atoms with Crippen molar-refractivity contribution in [2.45, 2.75) is 18.9 Å². The number of nitrogens with zero attached hydrogens (tertiary/aromatic N) is 1. The normalized spacial score (nSPS) is 15.3. The fourth-order valence-corrected chi connectivity index (χ4v) is 3.68. The van der Waals surface area contributed by atoms with Crippen molar-refractivity contribution in [1.82, 2.24) is 10.2 Å². The lowest BCUT2D eigenvalue weighted by Crippen LogP contribution is -2.46. The van der Waals surface area contributed by atoms with Gasteiger partial charge >= 0.3 is 0 Å². The Balaban J connectivity index is 1.54. The van der Waals surface area contributed by atoms with Crippen molar-refractivity contribution >= 4 is 46.4 Å². The molecule has 0 bridgehead atoms. The molecule has 3 rings (SSSR count). The molecule has 0 aliphatic carbocycles. The lowest BCUT2D eigenvalue weighted by molar-refractivity contribution is 0.0703. The van der Waals surface area contributed by atoms with Crippen LogP contribution in [0.3, 0.4) is 0 Å². The Labute approximate surface area is 154 Å². The summed E-state index contributed by atoms with van der Waals surface area (Å²) in [4.78, 5) is 27.2. The van der Waals surface area contributed by atoms with E-state index in [1.54, 1.807) is 18.2 Å². The summed E-state index contributed by atoms with van der Waals surface area (Å²) in [6, 6.07) is 8.60. The van der Waals surface area contributed by atoms with Gasteiger partial charge in [-0.2, -0.15) is 0 Å². The summed E-state index contributed by atoms with van der Waals surface area (Å²) in [6.07, 6.45) is 1.48. The molecule has 1 aliphatic heterocycles. The Hall–Kier alpha value is -1.56. The quantitative estimate of drug-likeness (QED) is 0.868. The number of amides is 2. The Morgan fingerprint density at radius 2 is 1.88 bits per heavy atom. The van der Waals surface area contributed by atoms with Crippen molar-refractivity contribution in [3.8, 4) is 0 Å². The molecular weight excluding hydrogens is 367 g/mol. The van der Waals surface area contributed by atoms with Crippen LogP contribution in [0, 0.1) is 0 Å². The van der Waals surface area contributed by atoms with Gasteiger partial charge in [0.2, 0.25) is 0 Å². The predicted octanol–water partition coefficient (Wildman–Crippen LogP) is 4.09. The minimum atomic E-state index is -0.170. The van der Waals surface area contributed by atoms with Gasteiger partial charge in [-0.1, -0.05) is 29.3 Å². The van der Waals surface area contributed by atoms with Gasteiger partial charge in [0.1, 0.15) is 0 Å². The van der Waals surface area contributed by atoms with Crippen molar-refractivity contribution in [2.75, 3.05) is 13.1 Å². The molecular formula is C17H16Cl2N2O2S. The van der Waals surface area contributed by atoms with Crippen LogP contribution in [0.2, 0.25) is 10.0 Å². The molecule has 1 aromatic carbocycles. The molecule has 2 aromatic rings. The maximum absolute atomic E-state index is 12.3. The first-order valence-corrected chi connectivity index (χ1v) is 9.27. The molecule has 7 heteroatoms. The lowest BCUT2D eigenvalue weighted by atomic mass is 10.0. The number of nitrogens with one attached hydrogen (secondary N) is 1. The van der Waals surface area contributed by atoms with Crippen LogP contribution in [-0.2, 0) is 0 Å². The molecule has 1 aliphatic rings. The highest BCUT2D eigenvalue weighted by Gasteiger charge is 2.25. The second-order valence-corrected chi connectivity index (χ2v) is 7.41. The standard InChI is InChI=1S/C17H16Cl2N2O2S/c18-13-4-3-11(10-14(13)19)16(22)20-12-5-7-21(8-6-12)17(23)15-2-1-9-24-15/h1-4,9-10,12H,5-8H2,(H,20,22). The Morgan fingerprint density at radius 3 is 2.50 bits per heavy atom. The smallest absolute Gasteiger partial charge is 0.263 e. The summed E-state index contributed by atoms with van der Waals surface area (Å²) in [6.45, 7) is 1.28. The zero-order valence-corrected chi connectivity index (χ0v) is 15.1. The zero-order chi connectivity index (χ0) is 17.1. The molecule has 1 fully saturated rings. The fourth-order valence-electron chi connectivity index (χ4n) is 2.69. The van der Waals surface area contributed by atoms with Crippen LogP contribution in [0.1, 0.15) is 32.9 Å². The van der Waals surface area contributed by atoms with Crippen molar-refractivity contribution < 1.29 is 9.59 Å². The third kappa shape index (κ3) is 3.91. The Morgan fingerprint density at radius 1 is 1.12 bits per heavy atom. The Bertz CT molecular complexity index is 741. The number of hydrogen-bond donors (Lipinski definition) is 1. The second-order valence-electron chi connectivity index (χ2n) is 5.65. The highest BCUT2D eigenvalue weighted by molar-refractivity contribution is 7.12. The van der Waals surface area contributed by atoms with Gasteiger partial charge in [-0.15, -0.1) is 11.3 Å². The molecule has 2 heterocycles. The van der Waals surface area contributed by atoms with Gasteiger partial charge in [-0.3, -0.25) is 9.59 Å². The highest BCUT2D eigenvalue weighted by Crippen LogP contribution is 2.23. The van der Waals surface area contributed by atoms with Crippen LogP contribution >= 0.6 is 34.5 Å². The van der Waals surface area contributed by atoms with Crippen LogP contribution in [0.25, 0.3) is 0 Å². The minimum absolute atomic E-state index is 0.0549. The van der Waals surface area contributed by atoms with Gasteiger partial charge in [0.25, 0.3) is 11.8 Å². The number of halogens is 2. The summed E-state index contributed by atoms with van der Waals surface area (Å²) in [5, 5.41) is 5.69. The summed E-state index contributed by atoms with van der Waals surface area (Å²) < 4.78 is 0. The monoisotopic (exact) mass is 382 g/mol. The molecule has 0 radical (unpaired) electrons. The third-order valence-electron chi connectivity index (χ3n) is 4.03. The first-order valence-electron chi connectivity index (χ1n) is 7.63. The molecule has 0 unspecified atom stereocenters. The number of piperidine rings is 1. The molecule has 0 spiro atoms. The van der Waals surface area contributed by atoms with Gasteiger partial charge in [-0.25, -0.2) is 0 Å². The molecule has 0 atom stereocenters. The summed E-state index contributed by atoms with van der Waals surface area (Å²) in [5.74, 6) is -0.101. The second kappa shape index (κ2) is 7.55. The van der Waals surface area contributed by atoms with E-state index in [9.17, 15) is 9.59 Å². The number of carbonyl (C=O) groups is 2. The topological polar surface area (TPSA) is 49.4 Å². The van der Waals surface area contributed by atoms with Gasteiger partial charge in [-0.05, 0) is 42.5 Å². The summed E-state index contributed by atoms with van der Waals surface area (Å²) >= 11 is 13.3. The molecule has 2 amide bonds. The number of thiophene rings is 1. The maximum atomic E-state index is 12.3. The Kier molecular flexibility index (Phi) is 5.43.